The molecule has 0 spiro atoms. The summed E-state index contributed by atoms with van der Waals surface area (Å²) >= 11 is 13.5. The first-order valence-electron chi connectivity index (χ1n) is 5.86. The second kappa shape index (κ2) is 4.95. The zero-order valence-electron chi connectivity index (χ0n) is 10.7. The van der Waals surface area contributed by atoms with Crippen LogP contribution in [0.15, 0.2) is 18.2 Å². The SMILES string of the molecule is Cc1sc2nc(-c3cccc(Cl)c3F)nc(Cl)c2c1C. The number of hydrogen-bond acceptors (Lipinski definition) is 3. The number of aryl methyl sites for hydroxylation is 2. The van der Waals surface area contributed by atoms with Crippen molar-refractivity contribution in [2.24, 2.45) is 0 Å². The Morgan fingerprint density at radius 1 is 1.15 bits per heavy atom. The largest absolute Gasteiger partial charge is 0.217 e. The minimum atomic E-state index is -0.533. The first kappa shape index (κ1) is 13.7. The number of halogens is 3. The molecular weight excluding hydrogens is 318 g/mol. The highest BCUT2D eigenvalue weighted by Crippen LogP contribution is 2.35. The fourth-order valence-electron chi connectivity index (χ4n) is 2.00. The van der Waals surface area contributed by atoms with Crippen molar-refractivity contribution in [1.29, 1.82) is 0 Å². The van der Waals surface area contributed by atoms with Crippen molar-refractivity contribution in [3.8, 4) is 11.4 Å². The molecular formula is C14H9Cl2FN2S. The zero-order valence-corrected chi connectivity index (χ0v) is 13.0. The summed E-state index contributed by atoms with van der Waals surface area (Å²) in [6.07, 6.45) is 0. The van der Waals surface area contributed by atoms with Gasteiger partial charge in [0.2, 0.25) is 0 Å². The minimum absolute atomic E-state index is 0.0425. The summed E-state index contributed by atoms with van der Waals surface area (Å²) in [5, 5.41) is 1.22. The van der Waals surface area contributed by atoms with Gasteiger partial charge in [-0.25, -0.2) is 14.4 Å². The van der Waals surface area contributed by atoms with Gasteiger partial charge >= 0.3 is 0 Å². The molecule has 0 unspecified atom stereocenters. The Balaban J connectivity index is 2.30. The van der Waals surface area contributed by atoms with Gasteiger partial charge in [0, 0.05) is 4.88 Å². The Bertz CT molecular complexity index is 830. The van der Waals surface area contributed by atoms with E-state index in [1.807, 2.05) is 13.8 Å². The minimum Gasteiger partial charge on any atom is -0.217 e. The molecule has 0 amide bonds. The molecule has 0 fully saturated rings. The van der Waals surface area contributed by atoms with Crippen molar-refractivity contribution in [1.82, 2.24) is 9.97 Å². The van der Waals surface area contributed by atoms with Crippen molar-refractivity contribution in [3.05, 3.63) is 44.6 Å². The summed E-state index contributed by atoms with van der Waals surface area (Å²) in [6, 6.07) is 4.74. The smallest absolute Gasteiger partial charge is 0.165 e. The third-order valence-corrected chi connectivity index (χ3v) is 4.84. The van der Waals surface area contributed by atoms with E-state index in [1.54, 1.807) is 12.1 Å². The van der Waals surface area contributed by atoms with Gasteiger partial charge in [-0.05, 0) is 31.5 Å². The lowest BCUT2D eigenvalue weighted by atomic mass is 10.2. The topological polar surface area (TPSA) is 25.8 Å². The average molecular weight is 327 g/mol. The third-order valence-electron chi connectivity index (χ3n) is 3.18. The van der Waals surface area contributed by atoms with Crippen LogP contribution in [0.5, 0.6) is 0 Å². The molecule has 1 aromatic carbocycles. The van der Waals surface area contributed by atoms with Gasteiger partial charge in [-0.1, -0.05) is 29.3 Å². The lowest BCUT2D eigenvalue weighted by Gasteiger charge is -2.04. The van der Waals surface area contributed by atoms with Gasteiger partial charge in [0.15, 0.2) is 11.6 Å². The Labute approximate surface area is 129 Å². The average Bonchev–Trinajstić information content (AvgIpc) is 2.68. The van der Waals surface area contributed by atoms with Crippen molar-refractivity contribution >= 4 is 44.8 Å². The van der Waals surface area contributed by atoms with Crippen LogP contribution in [-0.4, -0.2) is 9.97 Å². The number of fused-ring (bicyclic) bond motifs is 1. The molecule has 2 nitrogen and oxygen atoms in total. The van der Waals surface area contributed by atoms with Crippen LogP contribution in [0.3, 0.4) is 0 Å². The lowest BCUT2D eigenvalue weighted by molar-refractivity contribution is 0.630. The Morgan fingerprint density at radius 2 is 1.90 bits per heavy atom. The maximum Gasteiger partial charge on any atom is 0.165 e. The van der Waals surface area contributed by atoms with Gasteiger partial charge in [0.1, 0.15) is 9.98 Å². The molecule has 0 N–H and O–H groups in total. The molecule has 102 valence electrons. The normalized spacial score (nSPS) is 11.2. The van der Waals surface area contributed by atoms with E-state index in [1.165, 1.54) is 17.4 Å². The van der Waals surface area contributed by atoms with E-state index in [-0.39, 0.29) is 16.4 Å². The Morgan fingerprint density at radius 3 is 2.65 bits per heavy atom. The van der Waals surface area contributed by atoms with Crippen LogP contribution in [0.25, 0.3) is 21.6 Å². The molecule has 0 aliphatic carbocycles. The molecule has 6 heteroatoms. The first-order chi connectivity index (χ1) is 9.49. The predicted octanol–water partition coefficient (Wildman–Crippen LogP) is 5.42. The van der Waals surface area contributed by atoms with Crippen LogP contribution < -0.4 is 0 Å². The van der Waals surface area contributed by atoms with E-state index in [2.05, 4.69) is 9.97 Å². The Kier molecular flexibility index (Phi) is 3.40. The fourth-order valence-corrected chi connectivity index (χ4v) is 3.57. The molecule has 0 radical (unpaired) electrons. The number of aromatic nitrogens is 2. The molecule has 0 aliphatic heterocycles. The summed E-state index contributed by atoms with van der Waals surface area (Å²) in [5.74, 6) is -0.279. The van der Waals surface area contributed by atoms with Gasteiger partial charge < -0.3 is 0 Å². The fraction of sp³-hybridized carbons (Fsp3) is 0.143. The van der Waals surface area contributed by atoms with Crippen molar-refractivity contribution < 1.29 is 4.39 Å². The molecule has 3 rings (SSSR count). The van der Waals surface area contributed by atoms with Crippen molar-refractivity contribution in [3.63, 3.8) is 0 Å². The number of hydrogen-bond donors (Lipinski definition) is 0. The highest BCUT2D eigenvalue weighted by atomic mass is 35.5. The third kappa shape index (κ3) is 2.08. The van der Waals surface area contributed by atoms with Gasteiger partial charge in [0.05, 0.1) is 16.0 Å². The van der Waals surface area contributed by atoms with Crippen molar-refractivity contribution in [2.45, 2.75) is 13.8 Å². The highest BCUT2D eigenvalue weighted by molar-refractivity contribution is 7.18. The van der Waals surface area contributed by atoms with E-state index in [0.717, 1.165) is 20.7 Å². The number of thiophene rings is 1. The summed E-state index contributed by atoms with van der Waals surface area (Å²) in [4.78, 5) is 10.5. The number of benzene rings is 1. The van der Waals surface area contributed by atoms with E-state index >= 15 is 0 Å². The van der Waals surface area contributed by atoms with E-state index < -0.39 is 5.82 Å². The van der Waals surface area contributed by atoms with Crippen LogP contribution in [0.1, 0.15) is 10.4 Å². The quantitative estimate of drug-likeness (QED) is 0.558. The molecule has 0 saturated carbocycles. The second-order valence-electron chi connectivity index (χ2n) is 4.40. The molecule has 0 atom stereocenters. The van der Waals surface area contributed by atoms with Gasteiger partial charge in [-0.15, -0.1) is 11.3 Å². The molecule has 2 aromatic heterocycles. The maximum atomic E-state index is 14.1. The van der Waals surface area contributed by atoms with Crippen LogP contribution >= 0.6 is 34.5 Å². The Hall–Kier alpha value is -1.23. The summed E-state index contributed by atoms with van der Waals surface area (Å²) in [7, 11) is 0. The van der Waals surface area contributed by atoms with Gasteiger partial charge in [-0.2, -0.15) is 0 Å². The van der Waals surface area contributed by atoms with Crippen molar-refractivity contribution in [2.75, 3.05) is 0 Å². The van der Waals surface area contributed by atoms with Crippen LogP contribution in [0.2, 0.25) is 10.2 Å². The first-order valence-corrected chi connectivity index (χ1v) is 7.44. The molecule has 0 aliphatic rings. The van der Waals surface area contributed by atoms with E-state index in [0.29, 0.717) is 5.15 Å². The molecule has 20 heavy (non-hydrogen) atoms. The molecule has 0 saturated heterocycles. The lowest BCUT2D eigenvalue weighted by Crippen LogP contribution is -1.93. The van der Waals surface area contributed by atoms with Gasteiger partial charge in [0.25, 0.3) is 0 Å². The van der Waals surface area contributed by atoms with Crippen LogP contribution in [0, 0.1) is 19.7 Å². The number of rotatable bonds is 1. The van der Waals surface area contributed by atoms with Crippen LogP contribution in [0.4, 0.5) is 4.39 Å². The second-order valence-corrected chi connectivity index (χ2v) is 6.37. The summed E-state index contributed by atoms with van der Waals surface area (Å²) in [6.45, 7) is 3.97. The molecule has 3 aromatic rings. The zero-order chi connectivity index (χ0) is 14.4. The molecule has 2 heterocycles. The monoisotopic (exact) mass is 326 g/mol. The predicted molar refractivity (Wildman–Crippen MR) is 82.3 cm³/mol. The van der Waals surface area contributed by atoms with Crippen LogP contribution in [-0.2, 0) is 0 Å². The van der Waals surface area contributed by atoms with Gasteiger partial charge in [-0.3, -0.25) is 0 Å². The van der Waals surface area contributed by atoms with E-state index in [4.69, 9.17) is 23.2 Å². The van der Waals surface area contributed by atoms with E-state index in [9.17, 15) is 4.39 Å². The number of nitrogens with zero attached hydrogens (tertiary/aromatic N) is 2. The molecule has 0 bridgehead atoms. The highest BCUT2D eigenvalue weighted by Gasteiger charge is 2.17. The summed E-state index contributed by atoms with van der Waals surface area (Å²) in [5.41, 5.74) is 1.32. The maximum absolute atomic E-state index is 14.1. The summed E-state index contributed by atoms with van der Waals surface area (Å²) < 4.78 is 14.1. The standard InChI is InChI=1S/C14H9Cl2FN2S/c1-6-7(2)20-14-10(6)12(16)18-13(19-14)8-4-3-5-9(15)11(8)17/h3-5H,1-2H3.